The van der Waals surface area contributed by atoms with Crippen molar-refractivity contribution in [3.63, 3.8) is 0 Å². The van der Waals surface area contributed by atoms with Crippen LogP contribution in [0.5, 0.6) is 0 Å². The number of hydrogen-bond acceptors (Lipinski definition) is 1. The third kappa shape index (κ3) is 3.67. The number of rotatable bonds is 6. The number of halogens is 2. The Labute approximate surface area is 240 Å². The van der Waals surface area contributed by atoms with E-state index in [0.29, 0.717) is 5.92 Å². The zero-order valence-electron chi connectivity index (χ0n) is 21.8. The normalized spacial score (nSPS) is 24.2. The molecule has 2 fully saturated rings. The maximum atomic E-state index is 13.5. The molecule has 2 saturated carbocycles. The number of carbonyl (C=O) groups is 1. The van der Waals surface area contributed by atoms with Gasteiger partial charge in [0.25, 0.3) is 0 Å². The van der Waals surface area contributed by atoms with Gasteiger partial charge in [-0.3, -0.25) is 0 Å². The van der Waals surface area contributed by atoms with Gasteiger partial charge in [-0.25, -0.2) is 0 Å². The molecule has 0 aliphatic heterocycles. The summed E-state index contributed by atoms with van der Waals surface area (Å²) in [6.07, 6.45) is 4.39. The SMILES string of the molecule is NC(=O)C12CCC(C[CH]1[Ti]([Cl])([Cl])([c]1cccc3c1Cc1ccccc1-3)[SiH](c1ccccc1)c1ccccc1)C2. The van der Waals surface area contributed by atoms with Crippen molar-refractivity contribution in [2.75, 3.05) is 0 Å². The van der Waals surface area contributed by atoms with Crippen molar-refractivity contribution in [3.05, 3.63) is 114 Å². The van der Waals surface area contributed by atoms with Crippen molar-refractivity contribution < 1.29 is 17.2 Å². The van der Waals surface area contributed by atoms with Gasteiger partial charge < -0.3 is 0 Å². The fourth-order valence-corrected chi connectivity index (χ4v) is 42.1. The van der Waals surface area contributed by atoms with E-state index in [1.54, 1.807) is 0 Å². The van der Waals surface area contributed by atoms with Crippen LogP contribution >= 0.6 is 18.6 Å². The monoisotopic (exact) mass is 604 g/mol. The molecule has 0 radical (unpaired) electrons. The second-order valence-electron chi connectivity index (χ2n) is 12.0. The molecule has 3 unspecified atom stereocenters. The van der Waals surface area contributed by atoms with E-state index < -0.39 is 24.5 Å². The number of carbonyl (C=O) groups excluding carboxylic acids is 1. The Morgan fingerprint density at radius 2 is 1.44 bits per heavy atom. The summed E-state index contributed by atoms with van der Waals surface area (Å²) in [6, 6.07) is 36.7. The first-order valence-electron chi connectivity index (χ1n) is 14.0. The number of nitrogens with two attached hydrogens (primary N) is 1. The molecule has 0 spiro atoms. The molecule has 4 aromatic carbocycles. The fourth-order valence-electron chi connectivity index (χ4n) is 8.62. The molecule has 7 rings (SSSR count). The summed E-state index contributed by atoms with van der Waals surface area (Å²) in [5, 5.41) is 2.50. The number of amides is 1. The van der Waals surface area contributed by atoms with E-state index in [0.717, 1.165) is 36.0 Å². The van der Waals surface area contributed by atoms with Gasteiger partial charge in [-0.2, -0.15) is 0 Å². The molecular weight excluding hydrogens is 573 g/mol. The zero-order valence-corrected chi connectivity index (χ0v) is 26.1. The summed E-state index contributed by atoms with van der Waals surface area (Å²) in [7, 11) is 17.3. The van der Waals surface area contributed by atoms with E-state index in [-0.39, 0.29) is 10.1 Å². The van der Waals surface area contributed by atoms with Crippen molar-refractivity contribution in [2.24, 2.45) is 17.1 Å². The number of hydrogen-bond donors (Lipinski definition) is 1. The first kappa shape index (κ1) is 25.8. The van der Waals surface area contributed by atoms with Gasteiger partial charge >= 0.3 is 241 Å². The third-order valence-electron chi connectivity index (χ3n) is 10.2. The molecule has 39 heavy (non-hydrogen) atoms. The second-order valence-corrected chi connectivity index (χ2v) is 37.9. The number of primary amides is 1. The van der Waals surface area contributed by atoms with Crippen molar-refractivity contribution in [1.82, 2.24) is 0 Å². The van der Waals surface area contributed by atoms with Crippen LogP contribution in [0.1, 0.15) is 36.8 Å². The summed E-state index contributed by atoms with van der Waals surface area (Å²) in [5.74, 6) is 0.257. The van der Waals surface area contributed by atoms with Crippen LogP contribution in [0.3, 0.4) is 0 Å². The second kappa shape index (κ2) is 9.19. The van der Waals surface area contributed by atoms with Gasteiger partial charge in [0.2, 0.25) is 0 Å². The van der Waals surface area contributed by atoms with Gasteiger partial charge in [0.15, 0.2) is 0 Å². The Balaban J connectivity index is 1.57. The standard InChI is InChI=1S/C13H9.C12H11Si.C8H12NO.2ClH.Ti/c1-3-7-12-10(5-1)9-11-6-2-4-8-13(11)12;1-3-7-11(8-4-1)13-12-9-5-2-6-10-12;9-7(10)8-3-1-6(5-8)2-4-8;;;/h1-5,7-8H,9H2;1-10,13H;3,6H,1-2,4-5H2,(H2,9,10);2*1H;/q;;;;;+2/p-2. The fraction of sp³-hybridized carbons (Fsp3) is 0.242. The summed E-state index contributed by atoms with van der Waals surface area (Å²) < 4.78 is 1.06. The summed E-state index contributed by atoms with van der Waals surface area (Å²) >= 11 is -4.96. The molecule has 0 aromatic heterocycles. The van der Waals surface area contributed by atoms with Gasteiger partial charge in [-0.15, -0.1) is 0 Å². The van der Waals surface area contributed by atoms with Crippen LogP contribution in [-0.2, 0) is 23.7 Å². The first-order valence-corrected chi connectivity index (χ1v) is 24.4. The predicted molar refractivity (Wildman–Crippen MR) is 163 cm³/mol. The van der Waals surface area contributed by atoms with Crippen LogP contribution in [0.2, 0.25) is 4.22 Å². The molecule has 0 saturated heterocycles. The van der Waals surface area contributed by atoms with Gasteiger partial charge in [0, 0.05) is 0 Å². The molecule has 4 aromatic rings. The van der Waals surface area contributed by atoms with Gasteiger partial charge in [0.1, 0.15) is 0 Å². The van der Waals surface area contributed by atoms with Crippen LogP contribution < -0.4 is 20.0 Å². The molecule has 197 valence electrons. The molecule has 3 atom stereocenters. The molecule has 1 amide bonds. The minimum absolute atomic E-state index is 0.0959. The van der Waals surface area contributed by atoms with E-state index >= 15 is 0 Å². The summed E-state index contributed by atoms with van der Waals surface area (Å²) in [6.45, 7) is -2.31. The van der Waals surface area contributed by atoms with E-state index in [2.05, 4.69) is 103 Å². The Morgan fingerprint density at radius 1 is 0.821 bits per heavy atom. The quantitative estimate of drug-likeness (QED) is 0.242. The molecular formula is C33H32Cl2NOSiTi. The average Bonchev–Trinajstić information content (AvgIpc) is 3.67. The molecule has 0 heterocycles. The average molecular weight is 605 g/mol. The van der Waals surface area contributed by atoms with E-state index in [4.69, 9.17) is 24.3 Å². The Morgan fingerprint density at radius 3 is 2.08 bits per heavy atom. The van der Waals surface area contributed by atoms with Crippen LogP contribution in [0.4, 0.5) is 0 Å². The molecule has 3 aliphatic rings. The van der Waals surface area contributed by atoms with E-state index in [1.165, 1.54) is 32.6 Å². The topological polar surface area (TPSA) is 43.1 Å². The Kier molecular flexibility index (Phi) is 6.08. The number of fused-ring (bicyclic) bond motifs is 5. The van der Waals surface area contributed by atoms with Crippen LogP contribution in [0.15, 0.2) is 103 Å². The van der Waals surface area contributed by atoms with Gasteiger partial charge in [-0.1, -0.05) is 0 Å². The molecule has 6 heteroatoms. The van der Waals surface area contributed by atoms with Crippen molar-refractivity contribution >= 4 is 45.4 Å². The summed E-state index contributed by atoms with van der Waals surface area (Å²) in [5.41, 5.74) is 10.8. The maximum absolute atomic E-state index is 13.5. The Hall–Kier alpha value is -2.14. The third-order valence-corrected chi connectivity index (χ3v) is 39.2. The van der Waals surface area contributed by atoms with Crippen LogP contribution in [0.25, 0.3) is 11.1 Å². The van der Waals surface area contributed by atoms with E-state index in [1.807, 2.05) is 0 Å². The van der Waals surface area contributed by atoms with E-state index in [9.17, 15) is 4.79 Å². The molecule has 3 aliphatic carbocycles. The van der Waals surface area contributed by atoms with Crippen molar-refractivity contribution in [2.45, 2.75) is 36.3 Å². The van der Waals surface area contributed by atoms with Crippen LogP contribution in [-0.4, -0.2) is 12.6 Å². The van der Waals surface area contributed by atoms with Crippen LogP contribution in [0, 0.1) is 11.3 Å². The minimum atomic E-state index is -4.96. The summed E-state index contributed by atoms with van der Waals surface area (Å²) in [4.78, 5) is 13.5. The predicted octanol–water partition coefficient (Wildman–Crippen LogP) is 5.88. The van der Waals surface area contributed by atoms with Crippen molar-refractivity contribution in [1.29, 1.82) is 0 Å². The first-order chi connectivity index (χ1) is 18.8. The van der Waals surface area contributed by atoms with Crippen molar-refractivity contribution in [3.8, 4) is 11.1 Å². The zero-order chi connectivity index (χ0) is 26.9. The molecule has 2 nitrogen and oxygen atoms in total. The molecule has 2 N–H and O–H groups in total. The molecule has 2 bridgehead atoms. The van der Waals surface area contributed by atoms with Gasteiger partial charge in [-0.05, 0) is 0 Å². The van der Waals surface area contributed by atoms with Gasteiger partial charge in [0.05, 0.1) is 0 Å². The number of benzene rings is 4. The Bertz CT molecular complexity index is 1550.